The van der Waals surface area contributed by atoms with Crippen molar-refractivity contribution >= 4 is 38.2 Å². The fourth-order valence-corrected chi connectivity index (χ4v) is 4.32. The molecule has 0 fully saturated rings. The van der Waals surface area contributed by atoms with Crippen LogP contribution in [0.4, 0.5) is 18.9 Å². The van der Waals surface area contributed by atoms with E-state index in [1.807, 2.05) is 0 Å². The number of ketones is 1. The van der Waals surface area contributed by atoms with E-state index in [4.69, 9.17) is 4.74 Å². The standard InChI is InChI=1S/C23H20F3NO6S/c1-13(2)33-22(30)20(21(29)23(24,25)26)18-12-16(8-10-19(18)28)27-34(31,32)17-9-7-14-5-3-4-6-15(14)11-17/h3-13,20,27-28H,1-2H3. The lowest BCUT2D eigenvalue weighted by molar-refractivity contribution is -0.178. The highest BCUT2D eigenvalue weighted by atomic mass is 32.2. The number of sulfonamides is 1. The largest absolute Gasteiger partial charge is 0.508 e. The molecule has 0 aliphatic heterocycles. The predicted molar refractivity (Wildman–Crippen MR) is 118 cm³/mol. The van der Waals surface area contributed by atoms with E-state index >= 15 is 0 Å². The van der Waals surface area contributed by atoms with Crippen molar-refractivity contribution in [2.45, 2.75) is 36.9 Å². The maximum absolute atomic E-state index is 13.2. The summed E-state index contributed by atoms with van der Waals surface area (Å²) in [6, 6.07) is 14.1. The molecule has 2 N–H and O–H groups in total. The van der Waals surface area contributed by atoms with Crippen LogP contribution >= 0.6 is 0 Å². The van der Waals surface area contributed by atoms with E-state index in [1.165, 1.54) is 26.0 Å². The second-order valence-electron chi connectivity index (χ2n) is 7.67. The molecule has 0 saturated heterocycles. The number of carbonyl (C=O) groups excluding carboxylic acids is 2. The summed E-state index contributed by atoms with van der Waals surface area (Å²) in [7, 11) is -4.20. The molecule has 3 aromatic carbocycles. The van der Waals surface area contributed by atoms with Gasteiger partial charge in [0, 0.05) is 11.3 Å². The van der Waals surface area contributed by atoms with Crippen LogP contribution in [0.3, 0.4) is 0 Å². The number of ether oxygens (including phenoxy) is 1. The number of phenolic OH excluding ortho intramolecular Hbond substituents is 1. The van der Waals surface area contributed by atoms with Gasteiger partial charge in [-0.15, -0.1) is 0 Å². The molecule has 0 heterocycles. The van der Waals surface area contributed by atoms with Crippen molar-refractivity contribution in [3.8, 4) is 5.75 Å². The molecule has 0 saturated carbocycles. The van der Waals surface area contributed by atoms with E-state index in [-0.39, 0.29) is 10.6 Å². The topological polar surface area (TPSA) is 110 Å². The van der Waals surface area contributed by atoms with Gasteiger partial charge in [-0.2, -0.15) is 13.2 Å². The minimum Gasteiger partial charge on any atom is -0.508 e. The average molecular weight is 495 g/mol. The van der Waals surface area contributed by atoms with Gasteiger partial charge in [0.1, 0.15) is 5.75 Å². The summed E-state index contributed by atoms with van der Waals surface area (Å²) >= 11 is 0. The van der Waals surface area contributed by atoms with Crippen LogP contribution in [0.5, 0.6) is 5.75 Å². The highest BCUT2D eigenvalue weighted by Gasteiger charge is 2.48. The zero-order valence-electron chi connectivity index (χ0n) is 18.0. The first kappa shape index (κ1) is 25.0. The Hall–Kier alpha value is -3.60. The van der Waals surface area contributed by atoms with Gasteiger partial charge in [0.05, 0.1) is 11.0 Å². The number of alkyl halides is 3. The number of hydrogen-bond donors (Lipinski definition) is 2. The number of halogens is 3. The van der Waals surface area contributed by atoms with Gasteiger partial charge in [0.2, 0.25) is 0 Å². The minimum absolute atomic E-state index is 0.122. The fraction of sp³-hybridized carbons (Fsp3) is 0.217. The summed E-state index contributed by atoms with van der Waals surface area (Å²) in [5, 5.41) is 11.6. The maximum atomic E-state index is 13.2. The number of nitrogens with one attached hydrogen (secondary N) is 1. The number of benzene rings is 3. The van der Waals surface area contributed by atoms with Crippen molar-refractivity contribution < 1.29 is 41.0 Å². The number of fused-ring (bicyclic) bond motifs is 1. The number of anilines is 1. The molecule has 1 atom stereocenters. The number of carbonyl (C=O) groups is 2. The van der Waals surface area contributed by atoms with Gasteiger partial charge in [-0.1, -0.05) is 30.3 Å². The summed E-state index contributed by atoms with van der Waals surface area (Å²) in [5.41, 5.74) is -1.01. The van der Waals surface area contributed by atoms with Crippen molar-refractivity contribution in [2.75, 3.05) is 4.72 Å². The van der Waals surface area contributed by atoms with E-state index < -0.39 is 51.3 Å². The molecule has 180 valence electrons. The lowest BCUT2D eigenvalue weighted by Crippen LogP contribution is -2.35. The van der Waals surface area contributed by atoms with Crippen molar-refractivity contribution in [3.63, 3.8) is 0 Å². The zero-order valence-corrected chi connectivity index (χ0v) is 18.8. The van der Waals surface area contributed by atoms with Gasteiger partial charge < -0.3 is 9.84 Å². The van der Waals surface area contributed by atoms with E-state index in [2.05, 4.69) is 4.72 Å². The Kier molecular flexibility index (Phi) is 6.87. The second kappa shape index (κ2) is 9.34. The number of esters is 1. The fourth-order valence-electron chi connectivity index (χ4n) is 3.24. The Bertz CT molecular complexity index is 1350. The third-order valence-corrected chi connectivity index (χ3v) is 6.13. The molecule has 3 rings (SSSR count). The third kappa shape index (κ3) is 5.48. The van der Waals surface area contributed by atoms with Crippen molar-refractivity contribution in [1.29, 1.82) is 0 Å². The van der Waals surface area contributed by atoms with Crippen LogP contribution in [0, 0.1) is 0 Å². The molecule has 0 amide bonds. The minimum atomic E-state index is -5.41. The Morgan fingerprint density at radius 3 is 2.24 bits per heavy atom. The molecular formula is C23H20F3NO6S. The summed E-state index contributed by atoms with van der Waals surface area (Å²) in [5.74, 6) is -7.32. The van der Waals surface area contributed by atoms with Crippen molar-refractivity contribution in [1.82, 2.24) is 0 Å². The molecule has 0 spiro atoms. The Balaban J connectivity index is 2.01. The van der Waals surface area contributed by atoms with Gasteiger partial charge >= 0.3 is 12.1 Å². The van der Waals surface area contributed by atoms with Crippen molar-refractivity contribution in [2.24, 2.45) is 0 Å². The molecule has 34 heavy (non-hydrogen) atoms. The number of hydrogen-bond acceptors (Lipinski definition) is 6. The van der Waals surface area contributed by atoms with Gasteiger partial charge in [0.25, 0.3) is 15.8 Å². The summed E-state index contributed by atoms with van der Waals surface area (Å²) < 4.78 is 72.3. The first-order valence-electron chi connectivity index (χ1n) is 9.95. The smallest absolute Gasteiger partial charge is 0.451 e. The van der Waals surface area contributed by atoms with Crippen LogP contribution in [0.2, 0.25) is 0 Å². The molecule has 0 aliphatic rings. The molecule has 0 aliphatic carbocycles. The summed E-state index contributed by atoms with van der Waals surface area (Å²) in [6.45, 7) is 2.75. The molecular weight excluding hydrogens is 475 g/mol. The van der Waals surface area contributed by atoms with Gasteiger partial charge in [-0.25, -0.2) is 8.42 Å². The molecule has 0 aromatic heterocycles. The molecule has 7 nitrogen and oxygen atoms in total. The molecule has 11 heteroatoms. The number of Topliss-reactive ketones (excluding diaryl/α,β-unsaturated/α-hetero) is 1. The summed E-state index contributed by atoms with van der Waals surface area (Å²) in [6.07, 6.45) is -6.25. The third-order valence-electron chi connectivity index (χ3n) is 4.75. The van der Waals surface area contributed by atoms with Crippen LogP contribution in [0.15, 0.2) is 65.6 Å². The predicted octanol–water partition coefficient (Wildman–Crippen LogP) is 4.51. The number of rotatable bonds is 7. The molecule has 1 unspecified atom stereocenters. The summed E-state index contributed by atoms with van der Waals surface area (Å²) in [4.78, 5) is 24.2. The molecule has 3 aromatic rings. The quantitative estimate of drug-likeness (QED) is 0.284. The van der Waals surface area contributed by atoms with Crippen LogP contribution in [0.1, 0.15) is 25.3 Å². The van der Waals surface area contributed by atoms with E-state index in [0.717, 1.165) is 23.6 Å². The van der Waals surface area contributed by atoms with Gasteiger partial charge in [-0.3, -0.25) is 14.3 Å². The average Bonchev–Trinajstić information content (AvgIpc) is 2.74. The Morgan fingerprint density at radius 1 is 0.971 bits per heavy atom. The Labute approximate surface area is 193 Å². The van der Waals surface area contributed by atoms with E-state index in [1.54, 1.807) is 30.3 Å². The Morgan fingerprint density at radius 2 is 1.62 bits per heavy atom. The lowest BCUT2D eigenvalue weighted by atomic mass is 9.93. The highest BCUT2D eigenvalue weighted by molar-refractivity contribution is 7.92. The van der Waals surface area contributed by atoms with Crippen LogP contribution in [0.25, 0.3) is 10.8 Å². The molecule has 0 radical (unpaired) electrons. The van der Waals surface area contributed by atoms with Crippen LogP contribution < -0.4 is 4.72 Å². The van der Waals surface area contributed by atoms with E-state index in [0.29, 0.717) is 5.39 Å². The van der Waals surface area contributed by atoms with Gasteiger partial charge in [-0.05, 0) is 55.0 Å². The first-order valence-corrected chi connectivity index (χ1v) is 11.4. The van der Waals surface area contributed by atoms with Gasteiger partial charge in [0.15, 0.2) is 5.92 Å². The zero-order chi connectivity index (χ0) is 25.3. The highest BCUT2D eigenvalue weighted by Crippen LogP contribution is 2.36. The monoisotopic (exact) mass is 495 g/mol. The van der Waals surface area contributed by atoms with Crippen LogP contribution in [-0.2, 0) is 24.3 Å². The SMILES string of the molecule is CC(C)OC(=O)C(C(=O)C(F)(F)F)c1cc(NS(=O)(=O)c2ccc3ccccc3c2)ccc1O. The normalized spacial score (nSPS) is 13.0. The molecule has 0 bridgehead atoms. The van der Waals surface area contributed by atoms with E-state index in [9.17, 15) is 36.3 Å². The van der Waals surface area contributed by atoms with Crippen molar-refractivity contribution in [3.05, 3.63) is 66.2 Å². The number of aromatic hydroxyl groups is 1. The first-order chi connectivity index (χ1) is 15.8. The van der Waals surface area contributed by atoms with Crippen LogP contribution in [-0.4, -0.2) is 37.6 Å². The maximum Gasteiger partial charge on any atom is 0.451 e. The lowest BCUT2D eigenvalue weighted by Gasteiger charge is -2.20. The second-order valence-corrected chi connectivity index (χ2v) is 9.35. The number of phenols is 1.